The van der Waals surface area contributed by atoms with Crippen LogP contribution in [0.4, 0.5) is 19.0 Å². The number of pyridine rings is 1. The number of fused-ring (bicyclic) bond motifs is 1. The van der Waals surface area contributed by atoms with Gasteiger partial charge in [0.25, 0.3) is 12.0 Å². The molecule has 2 heterocycles. The average molecular weight is 420 g/mol. The highest BCUT2D eigenvalue weighted by Crippen LogP contribution is 2.30. The summed E-state index contributed by atoms with van der Waals surface area (Å²) in [5.74, 6) is -1.31. The van der Waals surface area contributed by atoms with Gasteiger partial charge in [0.1, 0.15) is 28.7 Å². The van der Waals surface area contributed by atoms with Gasteiger partial charge in [-0.25, -0.2) is 27.9 Å². The topological polar surface area (TPSA) is 97.0 Å². The number of alkyl halides is 2. The maximum atomic E-state index is 14.5. The molecule has 3 rings (SSSR count). The van der Waals surface area contributed by atoms with E-state index in [1.807, 2.05) is 0 Å². The molecule has 0 spiro atoms. The number of halogens is 3. The fourth-order valence-corrected chi connectivity index (χ4v) is 3.02. The summed E-state index contributed by atoms with van der Waals surface area (Å²) in [7, 11) is 0. The van der Waals surface area contributed by atoms with Crippen LogP contribution < -0.4 is 10.9 Å². The minimum atomic E-state index is -2.95. The molecule has 3 aromatic rings. The van der Waals surface area contributed by atoms with Gasteiger partial charge in [-0.3, -0.25) is 4.79 Å². The van der Waals surface area contributed by atoms with Crippen molar-refractivity contribution < 1.29 is 22.7 Å². The first-order valence-electron chi connectivity index (χ1n) is 9.14. The number of anilines is 1. The van der Waals surface area contributed by atoms with Gasteiger partial charge < -0.3 is 15.0 Å². The highest BCUT2D eigenvalue weighted by atomic mass is 19.3. The third-order valence-electron chi connectivity index (χ3n) is 4.43. The Kier molecular flexibility index (Phi) is 6.04. The lowest BCUT2D eigenvalue weighted by atomic mass is 10.0. The van der Waals surface area contributed by atoms with E-state index in [0.29, 0.717) is 11.2 Å². The zero-order valence-corrected chi connectivity index (χ0v) is 16.4. The van der Waals surface area contributed by atoms with Gasteiger partial charge in [-0.05, 0) is 26.8 Å². The Morgan fingerprint density at radius 1 is 1.27 bits per heavy atom. The van der Waals surface area contributed by atoms with E-state index in [0.717, 1.165) is 6.07 Å². The molecule has 0 amide bonds. The van der Waals surface area contributed by atoms with Gasteiger partial charge in [0.05, 0.1) is 23.6 Å². The summed E-state index contributed by atoms with van der Waals surface area (Å²) < 4.78 is 45.4. The van der Waals surface area contributed by atoms with E-state index in [1.54, 1.807) is 20.8 Å². The first-order chi connectivity index (χ1) is 14.2. The molecule has 10 heteroatoms. The third kappa shape index (κ3) is 4.12. The summed E-state index contributed by atoms with van der Waals surface area (Å²) in [6.07, 6.45) is -2.95. The lowest BCUT2D eigenvalue weighted by molar-refractivity contribution is 0.0524. The number of hydrogen-bond acceptors (Lipinski definition) is 6. The van der Waals surface area contributed by atoms with E-state index < -0.39 is 35.4 Å². The van der Waals surface area contributed by atoms with Crippen molar-refractivity contribution in [2.24, 2.45) is 0 Å². The van der Waals surface area contributed by atoms with Crippen molar-refractivity contribution in [1.82, 2.24) is 15.0 Å². The summed E-state index contributed by atoms with van der Waals surface area (Å²) in [5.41, 5.74) is -1.42. The van der Waals surface area contributed by atoms with Crippen molar-refractivity contribution in [3.63, 3.8) is 0 Å². The molecule has 0 bridgehead atoms. The fourth-order valence-electron chi connectivity index (χ4n) is 3.02. The van der Waals surface area contributed by atoms with E-state index >= 15 is 0 Å². The van der Waals surface area contributed by atoms with E-state index in [-0.39, 0.29) is 29.2 Å². The van der Waals surface area contributed by atoms with Gasteiger partial charge >= 0.3 is 5.97 Å². The second-order valence-corrected chi connectivity index (χ2v) is 6.53. The zero-order valence-electron chi connectivity index (χ0n) is 16.4. The molecule has 7 nitrogen and oxygen atoms in total. The number of carbonyl (C=O) groups excluding carboxylic acids is 1. The summed E-state index contributed by atoms with van der Waals surface area (Å²) in [4.78, 5) is 35.2. The van der Waals surface area contributed by atoms with Crippen LogP contribution in [0, 0.1) is 12.7 Å². The van der Waals surface area contributed by atoms with Crippen LogP contribution in [0.2, 0.25) is 0 Å². The Morgan fingerprint density at radius 3 is 2.63 bits per heavy atom. The Bertz CT molecular complexity index is 1160. The zero-order chi connectivity index (χ0) is 22.0. The van der Waals surface area contributed by atoms with Gasteiger partial charge in [0, 0.05) is 5.56 Å². The monoisotopic (exact) mass is 420 g/mol. The maximum Gasteiger partial charge on any atom is 0.343 e. The SMILES string of the molecule is CCOC(=O)c1cc2c(N[C@H](C)c3cccc(C(F)F)c3F)nc(C)nc2[nH]c1=O. The lowest BCUT2D eigenvalue weighted by Gasteiger charge is -2.18. The maximum absolute atomic E-state index is 14.5. The Hall–Kier alpha value is -3.43. The number of aromatic nitrogens is 3. The summed E-state index contributed by atoms with van der Waals surface area (Å²) >= 11 is 0. The molecule has 30 heavy (non-hydrogen) atoms. The molecule has 0 aliphatic rings. The van der Waals surface area contributed by atoms with Crippen LogP contribution in [-0.4, -0.2) is 27.5 Å². The summed E-state index contributed by atoms with van der Waals surface area (Å²) in [6.45, 7) is 4.86. The van der Waals surface area contributed by atoms with Crippen LogP contribution in [0.25, 0.3) is 11.0 Å². The van der Waals surface area contributed by atoms with Crippen LogP contribution in [0.5, 0.6) is 0 Å². The van der Waals surface area contributed by atoms with E-state index in [4.69, 9.17) is 4.74 Å². The second-order valence-electron chi connectivity index (χ2n) is 6.53. The number of carbonyl (C=O) groups is 1. The molecule has 2 N–H and O–H groups in total. The van der Waals surface area contributed by atoms with Gasteiger partial charge in [-0.15, -0.1) is 0 Å². The average Bonchev–Trinajstić information content (AvgIpc) is 2.67. The van der Waals surface area contributed by atoms with E-state index in [9.17, 15) is 22.8 Å². The molecular weight excluding hydrogens is 401 g/mol. The fraction of sp³-hybridized carbons (Fsp3) is 0.300. The number of H-pyrrole nitrogens is 1. The number of hydrogen-bond donors (Lipinski definition) is 2. The highest BCUT2D eigenvalue weighted by Gasteiger charge is 2.21. The van der Waals surface area contributed by atoms with Crippen LogP contribution in [0.15, 0.2) is 29.1 Å². The molecule has 0 aliphatic heterocycles. The summed E-state index contributed by atoms with van der Waals surface area (Å²) in [5, 5.41) is 3.25. The molecule has 0 radical (unpaired) electrons. The predicted octanol–water partition coefficient (Wildman–Crippen LogP) is 4.05. The quantitative estimate of drug-likeness (QED) is 0.584. The number of rotatable bonds is 6. The number of benzene rings is 1. The van der Waals surface area contributed by atoms with Crippen LogP contribution >= 0.6 is 0 Å². The van der Waals surface area contributed by atoms with Crippen molar-refractivity contribution in [3.8, 4) is 0 Å². The van der Waals surface area contributed by atoms with Gasteiger partial charge in [0.15, 0.2) is 0 Å². The van der Waals surface area contributed by atoms with Crippen LogP contribution in [0.1, 0.15) is 53.6 Å². The summed E-state index contributed by atoms with van der Waals surface area (Å²) in [6, 6.07) is 4.29. The Labute approximate surface area is 169 Å². The first-order valence-corrected chi connectivity index (χ1v) is 9.14. The Balaban J connectivity index is 2.07. The molecule has 0 unspecified atom stereocenters. The van der Waals surface area contributed by atoms with Crippen molar-refractivity contribution >= 4 is 22.8 Å². The minimum Gasteiger partial charge on any atom is -0.462 e. The molecule has 158 valence electrons. The normalized spacial score (nSPS) is 12.2. The molecule has 0 aliphatic carbocycles. The molecular formula is C20H19F3N4O3. The molecule has 2 aromatic heterocycles. The highest BCUT2D eigenvalue weighted by molar-refractivity contribution is 5.96. The molecule has 1 atom stereocenters. The molecule has 0 saturated carbocycles. The number of nitrogens with zero attached hydrogens (tertiary/aromatic N) is 2. The van der Waals surface area contributed by atoms with Crippen molar-refractivity contribution in [1.29, 1.82) is 0 Å². The van der Waals surface area contributed by atoms with E-state index in [1.165, 1.54) is 18.2 Å². The lowest BCUT2D eigenvalue weighted by Crippen LogP contribution is -2.21. The number of aryl methyl sites for hydroxylation is 1. The van der Waals surface area contributed by atoms with Crippen molar-refractivity contribution in [3.05, 3.63) is 63.0 Å². The van der Waals surface area contributed by atoms with Crippen molar-refractivity contribution in [2.75, 3.05) is 11.9 Å². The largest absolute Gasteiger partial charge is 0.462 e. The molecule has 1 aromatic carbocycles. The Morgan fingerprint density at radius 2 is 1.97 bits per heavy atom. The standard InChI is InChI=1S/C20H19F3N4O3/c1-4-30-20(29)14-8-13-17(25-10(3)26-18(13)27-19(14)28)24-9(2)11-6-5-7-12(15(11)21)16(22)23/h5-9,16H,4H2,1-3H3,(H2,24,25,26,27,28)/t9-/m1/s1. The van der Waals surface area contributed by atoms with Crippen molar-refractivity contribution in [2.45, 2.75) is 33.2 Å². The van der Waals surface area contributed by atoms with E-state index in [2.05, 4.69) is 20.3 Å². The van der Waals surface area contributed by atoms with Crippen LogP contribution in [0.3, 0.4) is 0 Å². The number of esters is 1. The number of ether oxygens (including phenoxy) is 1. The van der Waals surface area contributed by atoms with Gasteiger partial charge in [-0.1, -0.05) is 18.2 Å². The predicted molar refractivity (Wildman–Crippen MR) is 104 cm³/mol. The van der Waals surface area contributed by atoms with Crippen LogP contribution in [-0.2, 0) is 4.74 Å². The molecule has 0 saturated heterocycles. The smallest absolute Gasteiger partial charge is 0.343 e. The van der Waals surface area contributed by atoms with Gasteiger partial charge in [0.2, 0.25) is 0 Å². The van der Waals surface area contributed by atoms with Gasteiger partial charge in [-0.2, -0.15) is 0 Å². The number of aromatic amines is 1. The third-order valence-corrected chi connectivity index (χ3v) is 4.43. The minimum absolute atomic E-state index is 0.0206. The first kappa shape index (κ1) is 21.3. The second kappa shape index (κ2) is 8.52. The number of nitrogens with one attached hydrogen (secondary N) is 2. The molecule has 0 fully saturated rings.